The van der Waals surface area contributed by atoms with Crippen molar-refractivity contribution in [2.75, 3.05) is 29.6 Å². The topological polar surface area (TPSA) is 79.5 Å². The Morgan fingerprint density at radius 3 is 2.37 bits per heavy atom. The van der Waals surface area contributed by atoms with E-state index >= 15 is 0 Å². The molecule has 0 radical (unpaired) electrons. The third kappa shape index (κ3) is 6.02. The van der Waals surface area contributed by atoms with Gasteiger partial charge in [0.2, 0.25) is 11.8 Å². The van der Waals surface area contributed by atoms with E-state index in [0.717, 1.165) is 15.5 Å². The third-order valence-corrected chi connectivity index (χ3v) is 5.18. The Kier molecular flexibility index (Phi) is 7.34. The second kappa shape index (κ2) is 10.4. The van der Waals surface area contributed by atoms with Crippen molar-refractivity contribution in [3.05, 3.63) is 72.8 Å². The lowest BCUT2D eigenvalue weighted by atomic mass is 10.2. The van der Waals surface area contributed by atoms with Crippen LogP contribution < -0.4 is 20.7 Å². The van der Waals surface area contributed by atoms with Crippen molar-refractivity contribution in [3.63, 3.8) is 0 Å². The summed E-state index contributed by atoms with van der Waals surface area (Å²) in [6, 6.07) is 23.0. The molecule has 0 atom stereocenters. The molecule has 30 heavy (non-hydrogen) atoms. The van der Waals surface area contributed by atoms with E-state index in [4.69, 9.17) is 4.74 Å². The van der Waals surface area contributed by atoms with Crippen LogP contribution in [0.1, 0.15) is 6.92 Å². The fourth-order valence-corrected chi connectivity index (χ4v) is 3.72. The number of ether oxygens (including phenoxy) is 1. The van der Waals surface area contributed by atoms with Crippen LogP contribution in [0.2, 0.25) is 0 Å². The monoisotopic (exact) mass is 421 g/mol. The zero-order chi connectivity index (χ0) is 21.3. The molecular formula is C23H23N3O3S. The number of nitrogens with one attached hydrogen (secondary N) is 3. The molecule has 154 valence electrons. The maximum absolute atomic E-state index is 12.5. The van der Waals surface area contributed by atoms with E-state index in [-0.39, 0.29) is 18.4 Å². The van der Waals surface area contributed by atoms with Crippen molar-refractivity contribution in [1.82, 2.24) is 0 Å². The number of carbonyl (C=O) groups excluding carboxylic acids is 2. The molecule has 6 nitrogen and oxygen atoms in total. The van der Waals surface area contributed by atoms with Gasteiger partial charge >= 0.3 is 0 Å². The lowest BCUT2D eigenvalue weighted by molar-refractivity contribution is -0.115. The first-order chi connectivity index (χ1) is 14.5. The summed E-state index contributed by atoms with van der Waals surface area (Å²) in [6.45, 7) is 1.51. The van der Waals surface area contributed by atoms with Gasteiger partial charge in [0.15, 0.2) is 0 Å². The highest BCUT2D eigenvalue weighted by Gasteiger charge is 2.11. The standard InChI is InChI=1S/C23H23N3O3S/c1-16(27)25-17-12-13-21(29-2)20(14-17)26-23(28)15-24-19-10-6-7-11-22(19)30-18-8-4-3-5-9-18/h3-14,24H,15H2,1-2H3,(H,25,27)(H,26,28). The highest BCUT2D eigenvalue weighted by Crippen LogP contribution is 2.33. The molecule has 0 aliphatic heterocycles. The molecule has 0 saturated carbocycles. The largest absolute Gasteiger partial charge is 0.495 e. The number of para-hydroxylation sites is 1. The van der Waals surface area contributed by atoms with Gasteiger partial charge in [-0.05, 0) is 42.5 Å². The van der Waals surface area contributed by atoms with E-state index in [9.17, 15) is 9.59 Å². The molecular weight excluding hydrogens is 398 g/mol. The van der Waals surface area contributed by atoms with Gasteiger partial charge < -0.3 is 20.7 Å². The summed E-state index contributed by atoms with van der Waals surface area (Å²) in [5.74, 6) is 0.0944. The first kappa shape index (κ1) is 21.3. The van der Waals surface area contributed by atoms with Crippen LogP contribution in [0, 0.1) is 0 Å². The second-order valence-electron chi connectivity index (χ2n) is 6.41. The predicted molar refractivity (Wildman–Crippen MR) is 121 cm³/mol. The van der Waals surface area contributed by atoms with Gasteiger partial charge in [0.05, 0.1) is 19.3 Å². The van der Waals surface area contributed by atoms with E-state index in [1.807, 2.05) is 54.6 Å². The van der Waals surface area contributed by atoms with Crippen molar-refractivity contribution in [2.45, 2.75) is 16.7 Å². The number of benzene rings is 3. The molecule has 0 heterocycles. The van der Waals surface area contributed by atoms with Crippen LogP contribution in [0.5, 0.6) is 5.75 Å². The van der Waals surface area contributed by atoms with Gasteiger partial charge in [0, 0.05) is 28.1 Å². The van der Waals surface area contributed by atoms with Crippen LogP contribution in [-0.2, 0) is 9.59 Å². The average Bonchev–Trinajstić information content (AvgIpc) is 2.74. The van der Waals surface area contributed by atoms with E-state index in [1.54, 1.807) is 30.0 Å². The summed E-state index contributed by atoms with van der Waals surface area (Å²) in [5, 5.41) is 8.72. The SMILES string of the molecule is COc1ccc(NC(C)=O)cc1NC(=O)CNc1ccccc1Sc1ccccc1. The Hall–Kier alpha value is -3.45. The minimum Gasteiger partial charge on any atom is -0.495 e. The number of anilines is 3. The van der Waals surface area contributed by atoms with E-state index in [1.165, 1.54) is 14.0 Å². The first-order valence-electron chi connectivity index (χ1n) is 9.36. The Morgan fingerprint density at radius 1 is 0.900 bits per heavy atom. The summed E-state index contributed by atoms with van der Waals surface area (Å²) in [5.41, 5.74) is 1.94. The molecule has 0 bridgehead atoms. The Labute approximate surface area is 180 Å². The Morgan fingerprint density at radius 2 is 1.63 bits per heavy atom. The van der Waals surface area contributed by atoms with Crippen LogP contribution in [-0.4, -0.2) is 25.5 Å². The van der Waals surface area contributed by atoms with Crippen LogP contribution in [0.4, 0.5) is 17.1 Å². The molecule has 0 aliphatic carbocycles. The molecule has 7 heteroatoms. The van der Waals surface area contributed by atoms with Crippen molar-refractivity contribution in [3.8, 4) is 5.75 Å². The fraction of sp³-hybridized carbons (Fsp3) is 0.130. The van der Waals surface area contributed by atoms with Crippen molar-refractivity contribution in [1.29, 1.82) is 0 Å². The summed E-state index contributed by atoms with van der Waals surface area (Å²) in [6.07, 6.45) is 0. The second-order valence-corrected chi connectivity index (χ2v) is 7.52. The zero-order valence-corrected chi connectivity index (χ0v) is 17.6. The molecule has 0 saturated heterocycles. The molecule has 0 unspecified atom stereocenters. The number of hydrogen-bond donors (Lipinski definition) is 3. The van der Waals surface area contributed by atoms with E-state index < -0.39 is 0 Å². The molecule has 0 aromatic heterocycles. The van der Waals surface area contributed by atoms with Crippen molar-refractivity contribution < 1.29 is 14.3 Å². The minimum atomic E-state index is -0.229. The summed E-state index contributed by atoms with van der Waals surface area (Å²) in [7, 11) is 1.53. The van der Waals surface area contributed by atoms with Crippen molar-refractivity contribution >= 4 is 40.6 Å². The first-order valence-corrected chi connectivity index (χ1v) is 10.2. The van der Waals surface area contributed by atoms with Crippen LogP contribution in [0.3, 0.4) is 0 Å². The molecule has 3 N–H and O–H groups in total. The number of carbonyl (C=O) groups is 2. The highest BCUT2D eigenvalue weighted by molar-refractivity contribution is 7.99. The van der Waals surface area contributed by atoms with Gasteiger partial charge in [-0.25, -0.2) is 0 Å². The number of rotatable bonds is 8. The van der Waals surface area contributed by atoms with Gasteiger partial charge in [-0.15, -0.1) is 0 Å². The molecule has 0 fully saturated rings. The van der Waals surface area contributed by atoms with Gasteiger partial charge in [-0.1, -0.05) is 42.1 Å². The maximum atomic E-state index is 12.5. The lowest BCUT2D eigenvalue weighted by Gasteiger charge is -2.14. The lowest BCUT2D eigenvalue weighted by Crippen LogP contribution is -2.22. The fourth-order valence-electron chi connectivity index (χ4n) is 2.77. The van der Waals surface area contributed by atoms with Gasteiger partial charge in [-0.3, -0.25) is 9.59 Å². The zero-order valence-electron chi connectivity index (χ0n) is 16.8. The summed E-state index contributed by atoms with van der Waals surface area (Å²) in [4.78, 5) is 26.0. The van der Waals surface area contributed by atoms with Crippen LogP contribution in [0.25, 0.3) is 0 Å². The Balaban J connectivity index is 1.66. The van der Waals surface area contributed by atoms with E-state index in [2.05, 4.69) is 16.0 Å². The smallest absolute Gasteiger partial charge is 0.243 e. The molecule has 3 aromatic carbocycles. The average molecular weight is 422 g/mol. The third-order valence-electron chi connectivity index (χ3n) is 4.09. The number of hydrogen-bond acceptors (Lipinski definition) is 5. The van der Waals surface area contributed by atoms with E-state index in [0.29, 0.717) is 17.1 Å². The molecule has 0 spiro atoms. The minimum absolute atomic E-state index is 0.0832. The Bertz CT molecular complexity index is 1030. The van der Waals surface area contributed by atoms with Gasteiger partial charge in [-0.2, -0.15) is 0 Å². The summed E-state index contributed by atoms with van der Waals surface area (Å²) < 4.78 is 5.30. The summed E-state index contributed by atoms with van der Waals surface area (Å²) >= 11 is 1.63. The van der Waals surface area contributed by atoms with Crippen LogP contribution >= 0.6 is 11.8 Å². The molecule has 3 rings (SSSR count). The highest BCUT2D eigenvalue weighted by atomic mass is 32.2. The normalized spacial score (nSPS) is 10.2. The van der Waals surface area contributed by atoms with Crippen molar-refractivity contribution in [2.24, 2.45) is 0 Å². The maximum Gasteiger partial charge on any atom is 0.243 e. The molecule has 2 amide bonds. The van der Waals surface area contributed by atoms with Crippen LogP contribution in [0.15, 0.2) is 82.6 Å². The molecule has 0 aliphatic rings. The predicted octanol–water partition coefficient (Wildman–Crippen LogP) is 4.86. The number of amides is 2. The quantitative estimate of drug-likeness (QED) is 0.484. The molecule has 3 aromatic rings. The van der Waals surface area contributed by atoms with Gasteiger partial charge in [0.25, 0.3) is 0 Å². The van der Waals surface area contributed by atoms with Gasteiger partial charge in [0.1, 0.15) is 5.75 Å². The number of methoxy groups -OCH3 is 1.